The minimum Gasteiger partial charge on any atom is -0.378 e. The van der Waals surface area contributed by atoms with Crippen LogP contribution in [0.5, 0.6) is 0 Å². The molecule has 2 atom stereocenters. The fourth-order valence-corrected chi connectivity index (χ4v) is 5.26. The predicted molar refractivity (Wildman–Crippen MR) is 89.8 cm³/mol. The molecule has 126 valence electrons. The number of ketones is 1. The molecule has 0 N–H and O–H groups in total. The first-order valence-corrected chi connectivity index (χ1v) is 9.89. The molecular formula is C20H34O2. The zero-order chi connectivity index (χ0) is 15.4. The van der Waals surface area contributed by atoms with Crippen LogP contribution in [0.15, 0.2) is 0 Å². The topological polar surface area (TPSA) is 26.3 Å². The summed E-state index contributed by atoms with van der Waals surface area (Å²) in [7, 11) is 0. The average Bonchev–Trinajstić information content (AvgIpc) is 2.57. The van der Waals surface area contributed by atoms with Gasteiger partial charge in [-0.05, 0) is 81.5 Å². The van der Waals surface area contributed by atoms with E-state index in [0.717, 1.165) is 43.1 Å². The zero-order valence-electron chi connectivity index (χ0n) is 14.4. The number of ether oxygens (including phenoxy) is 1. The van der Waals surface area contributed by atoms with E-state index >= 15 is 0 Å². The van der Waals surface area contributed by atoms with Crippen molar-refractivity contribution in [3.8, 4) is 0 Å². The molecule has 0 aromatic heterocycles. The quantitative estimate of drug-likeness (QED) is 0.718. The molecule has 2 aliphatic carbocycles. The largest absolute Gasteiger partial charge is 0.378 e. The zero-order valence-corrected chi connectivity index (χ0v) is 14.4. The molecule has 0 radical (unpaired) electrons. The van der Waals surface area contributed by atoms with Crippen molar-refractivity contribution in [1.82, 2.24) is 0 Å². The maximum absolute atomic E-state index is 11.4. The molecule has 0 amide bonds. The molecule has 22 heavy (non-hydrogen) atoms. The first-order chi connectivity index (χ1) is 10.8. The van der Waals surface area contributed by atoms with E-state index in [1.807, 2.05) is 0 Å². The van der Waals surface area contributed by atoms with Crippen molar-refractivity contribution in [2.45, 2.75) is 90.1 Å². The molecule has 0 aromatic carbocycles. The molecule has 2 unspecified atom stereocenters. The number of hydrogen-bond acceptors (Lipinski definition) is 2. The van der Waals surface area contributed by atoms with Gasteiger partial charge in [-0.25, -0.2) is 0 Å². The van der Waals surface area contributed by atoms with Crippen LogP contribution in [0.25, 0.3) is 0 Å². The Balaban J connectivity index is 1.39. The van der Waals surface area contributed by atoms with Crippen LogP contribution in [0.3, 0.4) is 0 Å². The number of hydrogen-bond donors (Lipinski definition) is 0. The minimum absolute atomic E-state index is 0.502. The Hall–Kier alpha value is -0.370. The minimum atomic E-state index is 0.502. The molecule has 3 aliphatic rings. The maximum atomic E-state index is 11.4. The second kappa shape index (κ2) is 7.95. The maximum Gasteiger partial charge on any atom is 0.132 e. The number of Topliss-reactive ketones (excluding diaryl/α,β-unsaturated/α-hetero) is 1. The van der Waals surface area contributed by atoms with Gasteiger partial charge in [-0.15, -0.1) is 0 Å². The summed E-state index contributed by atoms with van der Waals surface area (Å²) < 4.78 is 6.23. The summed E-state index contributed by atoms with van der Waals surface area (Å²) in [6, 6.07) is 0. The smallest absolute Gasteiger partial charge is 0.132 e. The van der Waals surface area contributed by atoms with Crippen LogP contribution in [0.2, 0.25) is 0 Å². The highest BCUT2D eigenvalue weighted by molar-refractivity contribution is 5.79. The summed E-state index contributed by atoms with van der Waals surface area (Å²) in [6.07, 6.45) is 15.5. The van der Waals surface area contributed by atoms with Gasteiger partial charge >= 0.3 is 0 Å². The van der Waals surface area contributed by atoms with Crippen LogP contribution in [0.1, 0.15) is 84.0 Å². The van der Waals surface area contributed by atoms with E-state index in [4.69, 9.17) is 4.74 Å². The van der Waals surface area contributed by atoms with E-state index < -0.39 is 0 Å². The van der Waals surface area contributed by atoms with E-state index in [0.29, 0.717) is 11.9 Å². The van der Waals surface area contributed by atoms with Crippen molar-refractivity contribution in [1.29, 1.82) is 0 Å². The first-order valence-electron chi connectivity index (χ1n) is 9.89. The van der Waals surface area contributed by atoms with Gasteiger partial charge in [-0.2, -0.15) is 0 Å². The third-order valence-corrected chi connectivity index (χ3v) is 6.70. The van der Waals surface area contributed by atoms with Gasteiger partial charge in [0.25, 0.3) is 0 Å². The lowest BCUT2D eigenvalue weighted by atomic mass is 9.69. The SMILES string of the molecule is CCCC1CCC(C2CCC(C3CCC(=O)CC3)CC2)OC1. The fraction of sp³-hybridized carbons (Fsp3) is 0.950. The third kappa shape index (κ3) is 4.13. The highest BCUT2D eigenvalue weighted by Gasteiger charge is 2.34. The fourth-order valence-electron chi connectivity index (χ4n) is 5.26. The summed E-state index contributed by atoms with van der Waals surface area (Å²) in [4.78, 5) is 11.4. The van der Waals surface area contributed by atoms with Gasteiger partial charge in [-0.3, -0.25) is 4.79 Å². The summed E-state index contributed by atoms with van der Waals surface area (Å²) in [5, 5.41) is 0. The van der Waals surface area contributed by atoms with E-state index in [2.05, 4.69) is 6.92 Å². The van der Waals surface area contributed by atoms with Gasteiger partial charge < -0.3 is 4.74 Å². The van der Waals surface area contributed by atoms with Crippen molar-refractivity contribution in [3.05, 3.63) is 0 Å². The number of carbonyl (C=O) groups excluding carboxylic acids is 1. The first kappa shape index (κ1) is 16.5. The normalized spacial score (nSPS) is 38.1. The summed E-state index contributed by atoms with van der Waals surface area (Å²) in [6.45, 7) is 3.30. The molecule has 0 bridgehead atoms. The Labute approximate surface area is 136 Å². The van der Waals surface area contributed by atoms with Crippen LogP contribution < -0.4 is 0 Å². The van der Waals surface area contributed by atoms with Gasteiger partial charge in [0.05, 0.1) is 6.10 Å². The molecule has 1 aliphatic heterocycles. The third-order valence-electron chi connectivity index (χ3n) is 6.70. The lowest BCUT2D eigenvalue weighted by molar-refractivity contribution is -0.121. The molecule has 3 fully saturated rings. The molecular weight excluding hydrogens is 272 g/mol. The van der Waals surface area contributed by atoms with Crippen LogP contribution >= 0.6 is 0 Å². The number of rotatable bonds is 4. The van der Waals surface area contributed by atoms with Gasteiger partial charge in [0.15, 0.2) is 0 Å². The lowest BCUT2D eigenvalue weighted by Crippen LogP contribution is -2.35. The summed E-state index contributed by atoms with van der Waals surface area (Å²) >= 11 is 0. The van der Waals surface area contributed by atoms with Crippen LogP contribution in [0.4, 0.5) is 0 Å². The summed E-state index contributed by atoms with van der Waals surface area (Å²) in [5.41, 5.74) is 0. The molecule has 0 aromatic rings. The average molecular weight is 306 g/mol. The van der Waals surface area contributed by atoms with E-state index in [-0.39, 0.29) is 0 Å². The van der Waals surface area contributed by atoms with Crippen LogP contribution in [-0.2, 0) is 9.53 Å². The second-order valence-electron chi connectivity index (χ2n) is 8.15. The Morgan fingerprint density at radius 1 is 0.864 bits per heavy atom. The second-order valence-corrected chi connectivity index (χ2v) is 8.15. The van der Waals surface area contributed by atoms with Gasteiger partial charge in [0.2, 0.25) is 0 Å². The Morgan fingerprint density at radius 3 is 2.09 bits per heavy atom. The molecule has 2 nitrogen and oxygen atoms in total. The predicted octanol–water partition coefficient (Wildman–Crippen LogP) is 5.15. The van der Waals surface area contributed by atoms with Crippen molar-refractivity contribution >= 4 is 5.78 Å². The highest BCUT2D eigenvalue weighted by Crippen LogP contribution is 2.42. The van der Waals surface area contributed by atoms with Crippen LogP contribution in [-0.4, -0.2) is 18.5 Å². The number of carbonyl (C=O) groups is 1. The highest BCUT2D eigenvalue weighted by atomic mass is 16.5. The Morgan fingerprint density at radius 2 is 1.50 bits per heavy atom. The van der Waals surface area contributed by atoms with E-state index in [9.17, 15) is 4.79 Å². The molecule has 1 saturated heterocycles. The Bertz CT molecular complexity index is 339. The van der Waals surface area contributed by atoms with E-state index in [1.165, 1.54) is 64.2 Å². The van der Waals surface area contributed by atoms with Gasteiger partial charge in [0.1, 0.15) is 5.78 Å². The van der Waals surface area contributed by atoms with Crippen molar-refractivity contribution < 1.29 is 9.53 Å². The molecule has 3 rings (SSSR count). The van der Waals surface area contributed by atoms with Crippen LogP contribution in [0, 0.1) is 23.7 Å². The Kier molecular flexibility index (Phi) is 5.95. The van der Waals surface area contributed by atoms with Gasteiger partial charge in [-0.1, -0.05) is 13.3 Å². The van der Waals surface area contributed by atoms with Crippen molar-refractivity contribution in [3.63, 3.8) is 0 Å². The molecule has 2 saturated carbocycles. The molecule has 2 heteroatoms. The van der Waals surface area contributed by atoms with Crippen molar-refractivity contribution in [2.24, 2.45) is 23.7 Å². The molecule has 0 spiro atoms. The summed E-state index contributed by atoms with van der Waals surface area (Å²) in [5.74, 6) is 3.91. The lowest BCUT2D eigenvalue weighted by Gasteiger charge is -2.40. The molecule has 1 heterocycles. The monoisotopic (exact) mass is 306 g/mol. The standard InChI is InChI=1S/C20H34O2/c1-2-3-15-4-13-20(22-14-15)18-7-5-16(6-8-18)17-9-11-19(21)12-10-17/h15-18,20H,2-14H2,1H3. The van der Waals surface area contributed by atoms with Gasteiger partial charge in [0, 0.05) is 19.4 Å². The van der Waals surface area contributed by atoms with Crippen molar-refractivity contribution in [2.75, 3.05) is 6.61 Å². The van der Waals surface area contributed by atoms with E-state index in [1.54, 1.807) is 0 Å².